The van der Waals surface area contributed by atoms with Crippen molar-refractivity contribution in [2.24, 2.45) is 17.6 Å². The van der Waals surface area contributed by atoms with Crippen LogP contribution in [0.15, 0.2) is 41.1 Å². The number of fused-ring (bicyclic) bond motifs is 1. The smallest absolute Gasteiger partial charge is 0.409 e. The summed E-state index contributed by atoms with van der Waals surface area (Å²) in [5.74, 6) is 1.22. The van der Waals surface area contributed by atoms with Crippen molar-refractivity contribution in [2.45, 2.75) is 6.42 Å². The first-order chi connectivity index (χ1) is 13.6. The summed E-state index contributed by atoms with van der Waals surface area (Å²) in [5.41, 5.74) is 6.78. The molecule has 147 valence electrons. The van der Waals surface area contributed by atoms with Crippen molar-refractivity contribution in [1.82, 2.24) is 9.80 Å². The zero-order chi connectivity index (χ0) is 19.5. The van der Waals surface area contributed by atoms with Gasteiger partial charge in [0.15, 0.2) is 5.75 Å². The number of likely N-dealkylation sites (tertiary alicyclic amines) is 2. The Morgan fingerprint density at radius 2 is 1.82 bits per heavy atom. The zero-order valence-electron chi connectivity index (χ0n) is 15.6. The van der Waals surface area contributed by atoms with Crippen LogP contribution in [0.3, 0.4) is 0 Å². The summed E-state index contributed by atoms with van der Waals surface area (Å²) < 4.78 is 4.95. The van der Waals surface area contributed by atoms with Crippen LogP contribution in [0.5, 0.6) is 5.75 Å². The molecule has 2 saturated heterocycles. The van der Waals surface area contributed by atoms with E-state index in [0.717, 1.165) is 39.1 Å². The number of amides is 2. The third-order valence-electron chi connectivity index (χ3n) is 5.54. The van der Waals surface area contributed by atoms with Gasteiger partial charge in [0.1, 0.15) is 0 Å². The fraction of sp³-hybridized carbons (Fsp3) is 0.381. The maximum Gasteiger partial charge on any atom is 0.410 e. The van der Waals surface area contributed by atoms with E-state index in [1.807, 2.05) is 11.0 Å². The molecule has 0 saturated carbocycles. The highest BCUT2D eigenvalue weighted by atomic mass is 32.1. The van der Waals surface area contributed by atoms with Crippen molar-refractivity contribution in [2.75, 3.05) is 32.7 Å². The predicted octanol–water partition coefficient (Wildman–Crippen LogP) is 2.85. The average Bonchev–Trinajstić information content (AvgIpc) is 3.36. The molecule has 2 fully saturated rings. The van der Waals surface area contributed by atoms with Gasteiger partial charge in [-0.25, -0.2) is 4.79 Å². The first kappa shape index (κ1) is 19.0. The van der Waals surface area contributed by atoms with Gasteiger partial charge < -0.3 is 20.3 Å². The molecule has 2 aliphatic rings. The minimum Gasteiger partial charge on any atom is -0.409 e. The third-order valence-corrected chi connectivity index (χ3v) is 6.26. The Kier molecular flexibility index (Phi) is 5.64. The fourth-order valence-electron chi connectivity index (χ4n) is 4.24. The minimum atomic E-state index is -0.895. The van der Waals surface area contributed by atoms with Gasteiger partial charge in [0.25, 0.3) is 5.91 Å². The topological polar surface area (TPSA) is 75.9 Å². The second kappa shape index (κ2) is 8.32. The van der Waals surface area contributed by atoms with E-state index in [2.05, 4.69) is 35.6 Å². The zero-order valence-corrected chi connectivity index (χ0v) is 16.4. The number of carbonyl (C=O) groups is 2. The molecule has 2 N–H and O–H groups in total. The Labute approximate surface area is 168 Å². The summed E-state index contributed by atoms with van der Waals surface area (Å²) in [7, 11) is 0. The van der Waals surface area contributed by atoms with Gasteiger partial charge in [0, 0.05) is 36.9 Å². The van der Waals surface area contributed by atoms with Crippen molar-refractivity contribution in [3.05, 3.63) is 58.6 Å². The van der Waals surface area contributed by atoms with Crippen LogP contribution in [-0.4, -0.2) is 54.5 Å². The monoisotopic (exact) mass is 398 g/mol. The molecule has 1 unspecified atom stereocenters. The highest BCUT2D eigenvalue weighted by Gasteiger charge is 2.41. The Balaban J connectivity index is 1.26. The third kappa shape index (κ3) is 4.20. The van der Waals surface area contributed by atoms with Gasteiger partial charge in [-0.15, -0.1) is 11.3 Å². The average molecular weight is 399 g/mol. The van der Waals surface area contributed by atoms with E-state index in [-0.39, 0.29) is 11.7 Å². The van der Waals surface area contributed by atoms with Crippen molar-refractivity contribution in [3.63, 3.8) is 0 Å². The second-order valence-electron chi connectivity index (χ2n) is 7.46. The number of nitrogens with two attached hydrogens (primary N) is 1. The maximum atomic E-state index is 12.8. The van der Waals surface area contributed by atoms with Crippen LogP contribution < -0.4 is 10.5 Å². The summed E-state index contributed by atoms with van der Waals surface area (Å²) >= 11 is 1.33. The van der Waals surface area contributed by atoms with E-state index in [4.69, 9.17) is 10.5 Å². The number of hydrogen-bond acceptors (Lipinski definition) is 5. The van der Waals surface area contributed by atoms with Crippen LogP contribution in [0.1, 0.15) is 22.3 Å². The van der Waals surface area contributed by atoms with E-state index in [0.29, 0.717) is 17.4 Å². The molecule has 2 amide bonds. The Hall–Kier alpha value is -2.38. The first-order valence-electron chi connectivity index (χ1n) is 9.53. The normalized spacial score (nSPS) is 21.6. The lowest BCUT2D eigenvalue weighted by atomic mass is 10.0. The van der Waals surface area contributed by atoms with Crippen LogP contribution in [0.25, 0.3) is 0 Å². The van der Waals surface area contributed by atoms with Crippen molar-refractivity contribution in [3.8, 4) is 5.75 Å². The summed E-state index contributed by atoms with van der Waals surface area (Å²) in [6, 6.07) is 10.4. The van der Waals surface area contributed by atoms with Gasteiger partial charge >= 0.3 is 6.09 Å². The molecule has 0 aliphatic carbocycles. The van der Waals surface area contributed by atoms with Crippen molar-refractivity contribution >= 4 is 23.3 Å². The largest absolute Gasteiger partial charge is 0.410 e. The van der Waals surface area contributed by atoms with E-state index in [1.165, 1.54) is 16.9 Å². The lowest BCUT2D eigenvalue weighted by Gasteiger charge is -2.21. The second-order valence-corrected chi connectivity index (χ2v) is 8.21. The van der Waals surface area contributed by atoms with Crippen LogP contribution in [0.2, 0.25) is 0 Å². The molecule has 1 radical (unpaired) electrons. The molecule has 28 heavy (non-hydrogen) atoms. The number of hydrogen-bond donors (Lipinski definition) is 1. The van der Waals surface area contributed by atoms with Gasteiger partial charge in [-0.1, -0.05) is 30.3 Å². The highest BCUT2D eigenvalue weighted by Crippen LogP contribution is 2.34. The van der Waals surface area contributed by atoms with Gasteiger partial charge in [-0.05, 0) is 36.8 Å². The number of primary amides is 1. The van der Waals surface area contributed by atoms with Gasteiger partial charge in [0.05, 0.1) is 5.56 Å². The van der Waals surface area contributed by atoms with Gasteiger partial charge in [-0.3, -0.25) is 4.79 Å². The first-order valence-corrected chi connectivity index (χ1v) is 10.5. The number of carbonyl (C=O) groups excluding carboxylic acids is 2. The summed E-state index contributed by atoms with van der Waals surface area (Å²) in [6.45, 7) is 4.64. The molecular formula is C21H24N3O3S. The molecular weight excluding hydrogens is 374 g/mol. The highest BCUT2D eigenvalue weighted by molar-refractivity contribution is 7.08. The Bertz CT molecular complexity index is 824. The molecule has 3 heterocycles. The van der Waals surface area contributed by atoms with Crippen LogP contribution in [0.4, 0.5) is 4.79 Å². The summed E-state index contributed by atoms with van der Waals surface area (Å²) in [4.78, 5) is 28.2. The molecule has 7 heteroatoms. The number of nitrogens with zero attached hydrogens (tertiary/aromatic N) is 2. The van der Waals surface area contributed by atoms with E-state index < -0.39 is 6.09 Å². The summed E-state index contributed by atoms with van der Waals surface area (Å²) in [6.07, 6.45) is 2.42. The molecule has 2 atom stereocenters. The quantitative estimate of drug-likeness (QED) is 0.812. The minimum absolute atomic E-state index is 0.0733. The molecule has 0 spiro atoms. The molecule has 0 bridgehead atoms. The molecule has 1 aromatic heterocycles. The Morgan fingerprint density at radius 1 is 1.11 bits per heavy atom. The number of ether oxygens (including phenoxy) is 1. The number of thiophene rings is 1. The van der Waals surface area contributed by atoms with E-state index in [9.17, 15) is 9.59 Å². The van der Waals surface area contributed by atoms with E-state index >= 15 is 0 Å². The molecule has 6 nitrogen and oxygen atoms in total. The van der Waals surface area contributed by atoms with Crippen molar-refractivity contribution in [1.29, 1.82) is 0 Å². The molecule has 2 aliphatic heterocycles. The SMILES string of the molecule is NC(=O)Oc1cscc1C(=O)N1CC2CN(CC[CH]c3ccccc3)C[C@H]2C1. The predicted molar refractivity (Wildman–Crippen MR) is 108 cm³/mol. The lowest BCUT2D eigenvalue weighted by Crippen LogP contribution is -2.33. The molecule has 4 rings (SSSR count). The molecule has 2 aromatic rings. The fourth-order valence-corrected chi connectivity index (χ4v) is 4.96. The van der Waals surface area contributed by atoms with Crippen LogP contribution in [-0.2, 0) is 0 Å². The number of benzene rings is 1. The van der Waals surface area contributed by atoms with Gasteiger partial charge in [0.2, 0.25) is 0 Å². The maximum absolute atomic E-state index is 12.8. The van der Waals surface area contributed by atoms with Crippen LogP contribution in [0, 0.1) is 18.3 Å². The number of rotatable bonds is 6. The molecule has 1 aromatic carbocycles. The van der Waals surface area contributed by atoms with E-state index in [1.54, 1.807) is 10.8 Å². The van der Waals surface area contributed by atoms with Crippen LogP contribution >= 0.6 is 11.3 Å². The standard InChI is InChI=1S/C21H24N3O3S/c22-21(26)27-19-14-28-13-18(19)20(25)24-11-16-9-23(10-17(16)12-24)8-4-7-15-5-2-1-3-6-15/h1-3,5-7,13-14,16-17H,4,8-12H2,(H2,22,26)/t16-,17?/m0/s1. The Morgan fingerprint density at radius 3 is 2.50 bits per heavy atom. The lowest BCUT2D eigenvalue weighted by molar-refractivity contribution is 0.0772. The van der Waals surface area contributed by atoms with Crippen molar-refractivity contribution < 1.29 is 14.3 Å². The van der Waals surface area contributed by atoms with Gasteiger partial charge in [-0.2, -0.15) is 0 Å². The summed E-state index contributed by atoms with van der Waals surface area (Å²) in [5, 5.41) is 3.36.